The molecule has 0 aliphatic carbocycles. The van der Waals surface area contributed by atoms with Gasteiger partial charge in [-0.25, -0.2) is 0 Å². The first-order valence-electron chi connectivity index (χ1n) is 6.14. The van der Waals surface area contributed by atoms with Gasteiger partial charge in [-0.3, -0.25) is 9.59 Å². The summed E-state index contributed by atoms with van der Waals surface area (Å²) in [6.07, 6.45) is -0.0674. The highest BCUT2D eigenvalue weighted by Gasteiger charge is 2.18. The molecule has 0 spiro atoms. The Morgan fingerprint density at radius 3 is 2.37 bits per heavy atom. The number of benzene rings is 1. The fourth-order valence-electron chi connectivity index (χ4n) is 1.75. The maximum atomic E-state index is 12.3. The van der Waals surface area contributed by atoms with Crippen molar-refractivity contribution in [3.8, 4) is 0 Å². The topological polar surface area (TPSA) is 57.6 Å². The number of carboxylic acid groups (broad SMARTS) is 1. The lowest BCUT2D eigenvalue weighted by atomic mass is 10.1. The zero-order valence-electron chi connectivity index (χ0n) is 11.4. The van der Waals surface area contributed by atoms with Crippen molar-refractivity contribution in [3.63, 3.8) is 0 Å². The van der Waals surface area contributed by atoms with E-state index < -0.39 is 5.97 Å². The molecule has 0 saturated heterocycles. The third-order valence-electron chi connectivity index (χ3n) is 3.08. The SMILES string of the molecule is CCN(CCC(=O)O)C(=O)c1cc(C)c(C)cc1Cl. The van der Waals surface area contributed by atoms with Crippen LogP contribution in [0.4, 0.5) is 0 Å². The molecule has 0 saturated carbocycles. The molecule has 5 heteroatoms. The molecular formula is C14H18ClNO3. The Morgan fingerprint density at radius 1 is 1.26 bits per heavy atom. The van der Waals surface area contributed by atoms with Crippen LogP contribution in [0.3, 0.4) is 0 Å². The van der Waals surface area contributed by atoms with Gasteiger partial charge in [-0.15, -0.1) is 0 Å². The number of hydrogen-bond donors (Lipinski definition) is 1. The van der Waals surface area contributed by atoms with Crippen molar-refractivity contribution in [3.05, 3.63) is 33.8 Å². The molecule has 0 heterocycles. The van der Waals surface area contributed by atoms with Crippen LogP contribution >= 0.6 is 11.6 Å². The van der Waals surface area contributed by atoms with Crippen LogP contribution in [0, 0.1) is 13.8 Å². The fraction of sp³-hybridized carbons (Fsp3) is 0.429. The Kier molecular flexibility index (Phi) is 5.36. The molecule has 104 valence electrons. The highest BCUT2D eigenvalue weighted by Crippen LogP contribution is 2.22. The number of amides is 1. The molecule has 0 aliphatic heterocycles. The van der Waals surface area contributed by atoms with Crippen LogP contribution in [0.25, 0.3) is 0 Å². The highest BCUT2D eigenvalue weighted by molar-refractivity contribution is 6.34. The first-order valence-corrected chi connectivity index (χ1v) is 6.52. The molecule has 19 heavy (non-hydrogen) atoms. The third-order valence-corrected chi connectivity index (χ3v) is 3.39. The predicted octanol–water partition coefficient (Wildman–Crippen LogP) is 2.89. The van der Waals surface area contributed by atoms with Gasteiger partial charge in [0.15, 0.2) is 0 Å². The van der Waals surface area contributed by atoms with Gasteiger partial charge in [-0.2, -0.15) is 0 Å². The number of aryl methyl sites for hydroxylation is 2. The van der Waals surface area contributed by atoms with Gasteiger partial charge in [0, 0.05) is 13.1 Å². The summed E-state index contributed by atoms with van der Waals surface area (Å²) in [7, 11) is 0. The van der Waals surface area contributed by atoms with Gasteiger partial charge < -0.3 is 10.0 Å². The fourth-order valence-corrected chi connectivity index (χ4v) is 2.05. The summed E-state index contributed by atoms with van der Waals surface area (Å²) in [4.78, 5) is 24.4. The molecule has 1 N–H and O–H groups in total. The van der Waals surface area contributed by atoms with Crippen LogP contribution in [-0.4, -0.2) is 35.0 Å². The van der Waals surface area contributed by atoms with E-state index in [2.05, 4.69) is 0 Å². The summed E-state index contributed by atoms with van der Waals surface area (Å²) in [6, 6.07) is 3.51. The zero-order chi connectivity index (χ0) is 14.6. The average molecular weight is 284 g/mol. The van der Waals surface area contributed by atoms with Crippen molar-refractivity contribution in [1.29, 1.82) is 0 Å². The number of nitrogens with zero attached hydrogens (tertiary/aromatic N) is 1. The lowest BCUT2D eigenvalue weighted by molar-refractivity contribution is -0.137. The molecule has 0 aliphatic rings. The number of carbonyl (C=O) groups excluding carboxylic acids is 1. The van der Waals surface area contributed by atoms with Gasteiger partial charge >= 0.3 is 5.97 Å². The Labute approximate surface area is 118 Å². The maximum Gasteiger partial charge on any atom is 0.305 e. The molecule has 0 fully saturated rings. The normalized spacial score (nSPS) is 10.3. The molecule has 1 aromatic rings. The van der Waals surface area contributed by atoms with E-state index in [0.717, 1.165) is 11.1 Å². The van der Waals surface area contributed by atoms with Crippen LogP contribution in [0.15, 0.2) is 12.1 Å². The summed E-state index contributed by atoms with van der Waals surface area (Å²) in [5.74, 6) is -1.14. The van der Waals surface area contributed by atoms with Crippen molar-refractivity contribution in [2.45, 2.75) is 27.2 Å². The largest absolute Gasteiger partial charge is 0.481 e. The van der Waals surface area contributed by atoms with Crippen LogP contribution in [0.5, 0.6) is 0 Å². The second-order valence-corrected chi connectivity index (χ2v) is 4.85. The smallest absolute Gasteiger partial charge is 0.305 e. The van der Waals surface area contributed by atoms with Crippen molar-refractivity contribution in [2.24, 2.45) is 0 Å². The van der Waals surface area contributed by atoms with E-state index in [9.17, 15) is 9.59 Å². The van der Waals surface area contributed by atoms with Gasteiger partial charge in [0.1, 0.15) is 0 Å². The summed E-state index contributed by atoms with van der Waals surface area (Å²) >= 11 is 6.10. The van der Waals surface area contributed by atoms with E-state index in [1.807, 2.05) is 20.8 Å². The second kappa shape index (κ2) is 6.57. The Balaban J connectivity index is 2.97. The number of carboxylic acids is 1. The standard InChI is InChI=1S/C14H18ClNO3/c1-4-16(6-5-13(17)18)14(19)11-7-9(2)10(3)8-12(11)15/h7-8H,4-6H2,1-3H3,(H,17,18). The molecule has 1 amide bonds. The lowest BCUT2D eigenvalue weighted by Crippen LogP contribution is -2.33. The van der Waals surface area contributed by atoms with Gasteiger partial charge in [-0.1, -0.05) is 11.6 Å². The van der Waals surface area contributed by atoms with Crippen LogP contribution < -0.4 is 0 Å². The van der Waals surface area contributed by atoms with Crippen molar-refractivity contribution in [1.82, 2.24) is 4.90 Å². The number of carbonyl (C=O) groups is 2. The molecular weight excluding hydrogens is 266 g/mol. The van der Waals surface area contributed by atoms with E-state index >= 15 is 0 Å². The molecule has 0 atom stereocenters. The predicted molar refractivity (Wildman–Crippen MR) is 74.8 cm³/mol. The quantitative estimate of drug-likeness (QED) is 0.904. The Hall–Kier alpha value is -1.55. The second-order valence-electron chi connectivity index (χ2n) is 4.44. The van der Waals surface area contributed by atoms with E-state index in [-0.39, 0.29) is 18.9 Å². The van der Waals surface area contributed by atoms with Crippen LogP contribution in [0.1, 0.15) is 34.8 Å². The zero-order valence-corrected chi connectivity index (χ0v) is 12.1. The Bertz CT molecular complexity index is 500. The molecule has 1 aromatic carbocycles. The van der Waals surface area contributed by atoms with E-state index in [1.54, 1.807) is 12.1 Å². The summed E-state index contributed by atoms with van der Waals surface area (Å²) in [5.41, 5.74) is 2.44. The van der Waals surface area contributed by atoms with Crippen LogP contribution in [-0.2, 0) is 4.79 Å². The minimum Gasteiger partial charge on any atom is -0.481 e. The van der Waals surface area contributed by atoms with E-state index in [4.69, 9.17) is 16.7 Å². The minimum atomic E-state index is -0.919. The summed E-state index contributed by atoms with van der Waals surface area (Å²) in [6.45, 7) is 6.30. The summed E-state index contributed by atoms with van der Waals surface area (Å²) < 4.78 is 0. The van der Waals surface area contributed by atoms with Crippen molar-refractivity contribution >= 4 is 23.5 Å². The first-order chi connectivity index (χ1) is 8.86. The number of aliphatic carboxylic acids is 1. The molecule has 0 aromatic heterocycles. The monoisotopic (exact) mass is 283 g/mol. The van der Waals surface area contributed by atoms with Crippen molar-refractivity contribution < 1.29 is 14.7 Å². The minimum absolute atomic E-state index is 0.0674. The van der Waals surface area contributed by atoms with Gasteiger partial charge in [0.25, 0.3) is 5.91 Å². The van der Waals surface area contributed by atoms with Gasteiger partial charge in [0.2, 0.25) is 0 Å². The molecule has 0 radical (unpaired) electrons. The third kappa shape index (κ3) is 3.96. The molecule has 4 nitrogen and oxygen atoms in total. The molecule has 0 bridgehead atoms. The maximum absolute atomic E-state index is 12.3. The van der Waals surface area contributed by atoms with Crippen molar-refractivity contribution in [2.75, 3.05) is 13.1 Å². The number of hydrogen-bond acceptors (Lipinski definition) is 2. The average Bonchev–Trinajstić information content (AvgIpc) is 2.34. The number of rotatable bonds is 5. The Morgan fingerprint density at radius 2 is 1.84 bits per heavy atom. The summed E-state index contributed by atoms with van der Waals surface area (Å²) in [5, 5.41) is 9.09. The van der Waals surface area contributed by atoms with Gasteiger partial charge in [0.05, 0.1) is 17.0 Å². The van der Waals surface area contributed by atoms with E-state index in [1.165, 1.54) is 4.90 Å². The molecule has 0 unspecified atom stereocenters. The van der Waals surface area contributed by atoms with Gasteiger partial charge in [-0.05, 0) is 44.0 Å². The number of halogens is 1. The lowest BCUT2D eigenvalue weighted by Gasteiger charge is -2.21. The molecule has 1 rings (SSSR count). The van der Waals surface area contributed by atoms with Crippen LogP contribution in [0.2, 0.25) is 5.02 Å². The first kappa shape index (κ1) is 15.5. The highest BCUT2D eigenvalue weighted by atomic mass is 35.5. The van der Waals surface area contributed by atoms with E-state index in [0.29, 0.717) is 17.1 Å².